The van der Waals surface area contributed by atoms with E-state index in [-0.39, 0.29) is 6.42 Å². The smallest absolute Gasteiger partial charge is 0.206 e. The van der Waals surface area contributed by atoms with Gasteiger partial charge < -0.3 is 10.5 Å². The van der Waals surface area contributed by atoms with Gasteiger partial charge in [0, 0.05) is 6.42 Å². The first-order chi connectivity index (χ1) is 8.71. The molecule has 0 heterocycles. The lowest BCUT2D eigenvalue weighted by atomic mass is 10.0. The Morgan fingerprint density at radius 3 is 1.89 bits per heavy atom. The molecule has 0 aliphatic carbocycles. The molecule has 0 amide bonds. The van der Waals surface area contributed by atoms with Crippen molar-refractivity contribution in [3.8, 4) is 11.8 Å². The third-order valence-electron chi connectivity index (χ3n) is 2.29. The van der Waals surface area contributed by atoms with Gasteiger partial charge in [-0.25, -0.2) is 13.2 Å². The van der Waals surface area contributed by atoms with Crippen molar-refractivity contribution in [2.75, 3.05) is 6.61 Å². The van der Waals surface area contributed by atoms with Crippen molar-refractivity contribution in [1.29, 1.82) is 5.26 Å². The highest BCUT2D eigenvalue weighted by atomic mass is 19.2. The third-order valence-corrected chi connectivity index (χ3v) is 2.29. The molecule has 0 saturated carbocycles. The van der Waals surface area contributed by atoms with Gasteiger partial charge in [-0.3, -0.25) is 0 Å². The van der Waals surface area contributed by atoms with Gasteiger partial charge in [0.05, 0.1) is 12.7 Å². The van der Waals surface area contributed by atoms with E-state index in [4.69, 9.17) is 11.0 Å². The summed E-state index contributed by atoms with van der Waals surface area (Å²) in [4.78, 5) is 0. The van der Waals surface area contributed by atoms with Crippen LogP contribution in [0.2, 0.25) is 0 Å². The molecule has 8 heteroatoms. The molecule has 0 radical (unpaired) electrons. The first kappa shape index (κ1) is 15.2. The summed E-state index contributed by atoms with van der Waals surface area (Å²) in [7, 11) is 0. The Morgan fingerprint density at radius 2 is 1.47 bits per heavy atom. The molecule has 19 heavy (non-hydrogen) atoms. The summed E-state index contributed by atoms with van der Waals surface area (Å²) < 4.78 is 69.2. The molecule has 104 valence electrons. The van der Waals surface area contributed by atoms with Crippen LogP contribution in [0.3, 0.4) is 0 Å². The van der Waals surface area contributed by atoms with Gasteiger partial charge in [0.1, 0.15) is 5.54 Å². The number of nitriles is 1. The number of hydrogen-bond acceptors (Lipinski definition) is 3. The van der Waals surface area contributed by atoms with E-state index in [1.807, 2.05) is 0 Å². The monoisotopic (exact) mass is 280 g/mol. The van der Waals surface area contributed by atoms with Crippen molar-refractivity contribution >= 4 is 0 Å². The Bertz CT molecular complexity index is 510. The molecular weight excluding hydrogens is 271 g/mol. The van der Waals surface area contributed by atoms with Crippen molar-refractivity contribution in [2.45, 2.75) is 18.9 Å². The van der Waals surface area contributed by atoms with Crippen LogP contribution in [-0.4, -0.2) is 12.1 Å². The minimum Gasteiger partial charge on any atom is -0.487 e. The van der Waals surface area contributed by atoms with Crippen LogP contribution in [0.5, 0.6) is 5.75 Å². The Morgan fingerprint density at radius 1 is 1.05 bits per heavy atom. The third kappa shape index (κ3) is 3.12. The molecule has 0 saturated heterocycles. The van der Waals surface area contributed by atoms with Crippen LogP contribution in [0, 0.1) is 40.4 Å². The van der Waals surface area contributed by atoms with Crippen LogP contribution in [0.1, 0.15) is 13.3 Å². The van der Waals surface area contributed by atoms with Crippen molar-refractivity contribution in [2.24, 2.45) is 5.73 Å². The second-order valence-electron chi connectivity index (χ2n) is 4.03. The molecule has 0 aromatic heterocycles. The van der Waals surface area contributed by atoms with Crippen molar-refractivity contribution in [3.63, 3.8) is 0 Å². The van der Waals surface area contributed by atoms with Crippen LogP contribution in [0.15, 0.2) is 0 Å². The molecule has 0 bridgehead atoms. The highest BCUT2D eigenvalue weighted by Crippen LogP contribution is 2.29. The van der Waals surface area contributed by atoms with E-state index in [0.717, 1.165) is 0 Å². The van der Waals surface area contributed by atoms with Gasteiger partial charge in [0.2, 0.25) is 29.1 Å². The second kappa shape index (κ2) is 5.40. The van der Waals surface area contributed by atoms with Gasteiger partial charge >= 0.3 is 0 Å². The first-order valence-electron chi connectivity index (χ1n) is 5.05. The fraction of sp³-hybridized carbons (Fsp3) is 0.364. The zero-order chi connectivity index (χ0) is 14.8. The maximum atomic E-state index is 13.2. The summed E-state index contributed by atoms with van der Waals surface area (Å²) in [5, 5.41) is 8.58. The number of benzene rings is 1. The molecule has 1 aromatic rings. The van der Waals surface area contributed by atoms with Gasteiger partial charge in [-0.2, -0.15) is 14.0 Å². The second-order valence-corrected chi connectivity index (χ2v) is 4.03. The summed E-state index contributed by atoms with van der Waals surface area (Å²) in [5.41, 5.74) is 4.07. The van der Waals surface area contributed by atoms with Gasteiger partial charge in [0.25, 0.3) is 0 Å². The van der Waals surface area contributed by atoms with Gasteiger partial charge in [-0.1, -0.05) is 0 Å². The van der Waals surface area contributed by atoms with Crippen LogP contribution in [0.4, 0.5) is 22.0 Å². The van der Waals surface area contributed by atoms with Crippen LogP contribution in [-0.2, 0) is 0 Å². The summed E-state index contributed by atoms with van der Waals surface area (Å²) in [6.45, 7) is 0.855. The standard InChI is InChI=1S/C11H9F5N2O/c1-11(18,4-17)2-3-19-10-8(15)6(13)5(12)7(14)9(10)16/h2-3,18H2,1H3. The molecule has 3 nitrogen and oxygen atoms in total. The number of nitrogens with two attached hydrogens (primary N) is 1. The summed E-state index contributed by atoms with van der Waals surface area (Å²) in [6, 6.07) is 1.69. The molecule has 1 atom stereocenters. The van der Waals surface area contributed by atoms with E-state index < -0.39 is 47.0 Å². The maximum absolute atomic E-state index is 13.2. The summed E-state index contributed by atoms with van der Waals surface area (Å²) in [6.07, 6.45) is -0.150. The van der Waals surface area contributed by atoms with Crippen LogP contribution < -0.4 is 10.5 Å². The fourth-order valence-corrected chi connectivity index (χ4v) is 1.13. The highest BCUT2D eigenvalue weighted by Gasteiger charge is 2.27. The average Bonchev–Trinajstić information content (AvgIpc) is 2.38. The number of ether oxygens (including phenoxy) is 1. The number of nitrogens with zero attached hydrogens (tertiary/aromatic N) is 1. The highest BCUT2D eigenvalue weighted by molar-refractivity contribution is 5.29. The Hall–Kier alpha value is -1.88. The minimum absolute atomic E-state index is 0.150. The SMILES string of the molecule is CC(N)(C#N)CCOc1c(F)c(F)c(F)c(F)c1F. The Balaban J connectivity index is 2.95. The number of halogens is 5. The lowest BCUT2D eigenvalue weighted by Crippen LogP contribution is -2.35. The van der Waals surface area contributed by atoms with E-state index in [1.165, 1.54) is 6.92 Å². The lowest BCUT2D eigenvalue weighted by molar-refractivity contribution is 0.245. The molecule has 0 spiro atoms. The van der Waals surface area contributed by atoms with Crippen LogP contribution in [0.25, 0.3) is 0 Å². The van der Waals surface area contributed by atoms with E-state index in [9.17, 15) is 22.0 Å². The molecule has 2 N–H and O–H groups in total. The molecular formula is C11H9F5N2O. The van der Waals surface area contributed by atoms with Gasteiger partial charge in [-0.15, -0.1) is 0 Å². The molecule has 1 rings (SSSR count). The topological polar surface area (TPSA) is 59.0 Å². The average molecular weight is 280 g/mol. The largest absolute Gasteiger partial charge is 0.487 e. The predicted octanol–water partition coefficient (Wildman–Crippen LogP) is 2.39. The normalized spacial score (nSPS) is 13.8. The summed E-state index contributed by atoms with van der Waals surface area (Å²) >= 11 is 0. The van der Waals surface area contributed by atoms with E-state index >= 15 is 0 Å². The van der Waals surface area contributed by atoms with Gasteiger partial charge in [0.15, 0.2) is 5.75 Å². The molecule has 1 aromatic carbocycles. The number of rotatable bonds is 4. The van der Waals surface area contributed by atoms with Crippen molar-refractivity contribution in [3.05, 3.63) is 29.1 Å². The number of hydrogen-bond donors (Lipinski definition) is 1. The molecule has 0 fully saturated rings. The molecule has 0 aliphatic heterocycles. The lowest BCUT2D eigenvalue weighted by Gasteiger charge is -2.16. The van der Waals surface area contributed by atoms with E-state index in [0.29, 0.717) is 0 Å². The summed E-state index contributed by atoms with van der Waals surface area (Å²) in [5.74, 6) is -12.0. The molecule has 0 aliphatic rings. The van der Waals surface area contributed by atoms with Crippen LogP contribution >= 0.6 is 0 Å². The quantitative estimate of drug-likeness (QED) is 0.523. The minimum atomic E-state index is -2.26. The zero-order valence-corrected chi connectivity index (χ0v) is 9.74. The zero-order valence-electron chi connectivity index (χ0n) is 9.74. The molecule has 1 unspecified atom stereocenters. The fourth-order valence-electron chi connectivity index (χ4n) is 1.13. The Labute approximate surface area is 105 Å². The predicted molar refractivity (Wildman–Crippen MR) is 54.5 cm³/mol. The first-order valence-corrected chi connectivity index (χ1v) is 5.05. The maximum Gasteiger partial charge on any atom is 0.206 e. The van der Waals surface area contributed by atoms with Crippen molar-refractivity contribution in [1.82, 2.24) is 0 Å². The van der Waals surface area contributed by atoms with E-state index in [2.05, 4.69) is 4.74 Å². The van der Waals surface area contributed by atoms with Gasteiger partial charge in [-0.05, 0) is 6.92 Å². The van der Waals surface area contributed by atoms with E-state index in [1.54, 1.807) is 6.07 Å². The Kier molecular flexibility index (Phi) is 4.32. The van der Waals surface area contributed by atoms with Crippen molar-refractivity contribution < 1.29 is 26.7 Å².